The Bertz CT molecular complexity index is 540. The predicted octanol–water partition coefficient (Wildman–Crippen LogP) is 2.78. The Hall–Kier alpha value is -2.23. The van der Waals surface area contributed by atoms with E-state index in [2.05, 4.69) is 10.3 Å². The van der Waals surface area contributed by atoms with Gasteiger partial charge in [-0.25, -0.2) is 4.39 Å². The van der Waals surface area contributed by atoms with Crippen molar-refractivity contribution in [3.8, 4) is 0 Å². The molecule has 1 aromatic heterocycles. The summed E-state index contributed by atoms with van der Waals surface area (Å²) in [5, 5.41) is 2.68. The van der Waals surface area contributed by atoms with Gasteiger partial charge in [0.2, 0.25) is 0 Å². The molecule has 1 amide bonds. The number of rotatable bonds is 2. The number of benzene rings is 1. The van der Waals surface area contributed by atoms with E-state index in [0.29, 0.717) is 11.3 Å². The van der Waals surface area contributed by atoms with Crippen molar-refractivity contribution in [3.63, 3.8) is 0 Å². The fourth-order valence-corrected chi connectivity index (χ4v) is 1.47. The molecule has 3 nitrogen and oxygen atoms in total. The van der Waals surface area contributed by atoms with Crippen LogP contribution in [0.3, 0.4) is 0 Å². The number of carbonyl (C=O) groups excluding carboxylic acids is 1. The van der Waals surface area contributed by atoms with Crippen molar-refractivity contribution in [1.29, 1.82) is 0 Å². The van der Waals surface area contributed by atoms with E-state index in [1.54, 1.807) is 37.5 Å². The van der Waals surface area contributed by atoms with Crippen LogP contribution < -0.4 is 5.32 Å². The van der Waals surface area contributed by atoms with Crippen LogP contribution in [0.25, 0.3) is 0 Å². The second-order valence-electron chi connectivity index (χ2n) is 3.65. The Labute approximate surface area is 98.3 Å². The highest BCUT2D eigenvalue weighted by molar-refractivity contribution is 6.05. The van der Waals surface area contributed by atoms with Crippen molar-refractivity contribution in [1.82, 2.24) is 4.98 Å². The molecular weight excluding hydrogens is 219 g/mol. The minimum absolute atomic E-state index is 0.326. The maximum absolute atomic E-state index is 13.1. The zero-order valence-electron chi connectivity index (χ0n) is 9.27. The molecule has 0 unspecified atom stereocenters. The molecule has 2 aromatic rings. The first-order valence-electron chi connectivity index (χ1n) is 5.14. The molecule has 0 aliphatic carbocycles. The van der Waals surface area contributed by atoms with Crippen LogP contribution in [0.15, 0.2) is 42.7 Å². The van der Waals surface area contributed by atoms with Gasteiger partial charge in [0.05, 0.1) is 0 Å². The Morgan fingerprint density at radius 3 is 2.65 bits per heavy atom. The van der Waals surface area contributed by atoms with Gasteiger partial charge in [0.25, 0.3) is 5.91 Å². The number of halogens is 1. The summed E-state index contributed by atoms with van der Waals surface area (Å²) >= 11 is 0. The second kappa shape index (κ2) is 4.74. The third-order valence-corrected chi connectivity index (χ3v) is 2.38. The van der Waals surface area contributed by atoms with E-state index in [4.69, 9.17) is 0 Å². The van der Waals surface area contributed by atoms with Gasteiger partial charge in [0, 0.05) is 23.6 Å². The molecule has 17 heavy (non-hydrogen) atoms. The molecule has 0 spiro atoms. The lowest BCUT2D eigenvalue weighted by Gasteiger charge is -2.07. The summed E-state index contributed by atoms with van der Waals surface area (Å²) in [4.78, 5) is 15.7. The van der Waals surface area contributed by atoms with E-state index in [1.807, 2.05) is 0 Å². The number of anilines is 1. The molecule has 1 heterocycles. The summed E-state index contributed by atoms with van der Waals surface area (Å²) < 4.78 is 13.1. The Morgan fingerprint density at radius 1 is 1.24 bits per heavy atom. The van der Waals surface area contributed by atoms with Crippen LogP contribution in [0, 0.1) is 12.7 Å². The van der Waals surface area contributed by atoms with Crippen molar-refractivity contribution in [2.24, 2.45) is 0 Å². The van der Waals surface area contributed by atoms with Crippen LogP contribution in [-0.2, 0) is 0 Å². The fraction of sp³-hybridized carbons (Fsp3) is 0.0769. The van der Waals surface area contributed by atoms with Crippen molar-refractivity contribution in [2.45, 2.75) is 6.92 Å². The summed E-state index contributed by atoms with van der Waals surface area (Å²) in [5.74, 6) is -0.747. The molecule has 4 heteroatoms. The molecule has 2 rings (SSSR count). The van der Waals surface area contributed by atoms with Gasteiger partial charge >= 0.3 is 0 Å². The van der Waals surface area contributed by atoms with Crippen LogP contribution in [0.5, 0.6) is 0 Å². The quantitative estimate of drug-likeness (QED) is 0.861. The predicted molar refractivity (Wildman–Crippen MR) is 63.3 cm³/mol. The minimum atomic E-state index is -0.421. The maximum Gasteiger partial charge on any atom is 0.256 e. The summed E-state index contributed by atoms with van der Waals surface area (Å²) in [7, 11) is 0. The van der Waals surface area contributed by atoms with E-state index in [1.165, 1.54) is 12.1 Å². The number of aromatic nitrogens is 1. The van der Waals surface area contributed by atoms with Gasteiger partial charge in [0.1, 0.15) is 5.82 Å². The third kappa shape index (κ3) is 2.66. The fourth-order valence-electron chi connectivity index (χ4n) is 1.47. The van der Waals surface area contributed by atoms with E-state index in [-0.39, 0.29) is 5.91 Å². The highest BCUT2D eigenvalue weighted by Gasteiger charge is 2.10. The molecule has 0 aliphatic rings. The van der Waals surface area contributed by atoms with Gasteiger partial charge in [-0.3, -0.25) is 9.78 Å². The molecule has 0 fully saturated rings. The largest absolute Gasteiger partial charge is 0.322 e. The number of carbonyl (C=O) groups is 1. The Balaban J connectivity index is 2.23. The van der Waals surface area contributed by atoms with E-state index in [0.717, 1.165) is 5.56 Å². The van der Waals surface area contributed by atoms with Gasteiger partial charge in [-0.2, -0.15) is 0 Å². The second-order valence-corrected chi connectivity index (χ2v) is 3.65. The molecule has 0 atom stereocenters. The van der Waals surface area contributed by atoms with Gasteiger partial charge in [0.15, 0.2) is 0 Å². The van der Waals surface area contributed by atoms with Crippen molar-refractivity contribution >= 4 is 11.6 Å². The standard InChI is InChI=1S/C13H11FN2O/c1-9-2-3-10(14)8-12(9)13(17)16-11-4-6-15-7-5-11/h2-8H,1H3,(H,15,16,17). The van der Waals surface area contributed by atoms with Crippen molar-refractivity contribution in [3.05, 3.63) is 59.7 Å². The molecule has 0 aliphatic heterocycles. The zero-order chi connectivity index (χ0) is 12.3. The molecule has 86 valence electrons. The molecule has 0 saturated heterocycles. The van der Waals surface area contributed by atoms with Crippen LogP contribution >= 0.6 is 0 Å². The number of nitrogens with zero attached hydrogens (tertiary/aromatic N) is 1. The molecule has 1 N–H and O–H groups in total. The lowest BCUT2D eigenvalue weighted by atomic mass is 10.1. The molecule has 0 bridgehead atoms. The summed E-state index contributed by atoms with van der Waals surface area (Å²) in [5.41, 5.74) is 1.70. The molecular formula is C13H11FN2O. The van der Waals surface area contributed by atoms with Crippen molar-refractivity contribution in [2.75, 3.05) is 5.32 Å². The normalized spacial score (nSPS) is 10.0. The highest BCUT2D eigenvalue weighted by Crippen LogP contribution is 2.13. The molecule has 1 aromatic carbocycles. The number of hydrogen-bond donors (Lipinski definition) is 1. The first kappa shape index (κ1) is 11.3. The smallest absolute Gasteiger partial charge is 0.256 e. The lowest BCUT2D eigenvalue weighted by molar-refractivity contribution is 0.102. The zero-order valence-corrected chi connectivity index (χ0v) is 9.27. The Morgan fingerprint density at radius 2 is 1.94 bits per heavy atom. The minimum Gasteiger partial charge on any atom is -0.322 e. The van der Waals surface area contributed by atoms with Gasteiger partial charge in [-0.1, -0.05) is 6.07 Å². The van der Waals surface area contributed by atoms with Gasteiger partial charge < -0.3 is 5.32 Å². The maximum atomic E-state index is 13.1. The Kier molecular flexibility index (Phi) is 3.14. The van der Waals surface area contributed by atoms with Crippen LogP contribution in [0.2, 0.25) is 0 Å². The number of nitrogens with one attached hydrogen (secondary N) is 1. The first-order chi connectivity index (χ1) is 8.16. The molecule has 0 radical (unpaired) electrons. The van der Waals surface area contributed by atoms with E-state index in [9.17, 15) is 9.18 Å². The van der Waals surface area contributed by atoms with Crippen LogP contribution in [0.4, 0.5) is 10.1 Å². The first-order valence-corrected chi connectivity index (χ1v) is 5.14. The summed E-state index contributed by atoms with van der Waals surface area (Å²) in [6.45, 7) is 1.76. The number of aryl methyl sites for hydroxylation is 1. The number of pyridine rings is 1. The van der Waals surface area contributed by atoms with Crippen molar-refractivity contribution < 1.29 is 9.18 Å². The highest BCUT2D eigenvalue weighted by atomic mass is 19.1. The van der Waals surface area contributed by atoms with E-state index < -0.39 is 5.82 Å². The average Bonchev–Trinajstić information content (AvgIpc) is 2.33. The topological polar surface area (TPSA) is 42.0 Å². The van der Waals surface area contributed by atoms with Gasteiger partial charge in [-0.15, -0.1) is 0 Å². The lowest BCUT2D eigenvalue weighted by Crippen LogP contribution is -2.13. The van der Waals surface area contributed by atoms with Crippen LogP contribution in [0.1, 0.15) is 15.9 Å². The van der Waals surface area contributed by atoms with Crippen LogP contribution in [-0.4, -0.2) is 10.9 Å². The number of hydrogen-bond acceptors (Lipinski definition) is 2. The third-order valence-electron chi connectivity index (χ3n) is 2.38. The monoisotopic (exact) mass is 230 g/mol. The van der Waals surface area contributed by atoms with E-state index >= 15 is 0 Å². The summed E-state index contributed by atoms with van der Waals surface area (Å²) in [6.07, 6.45) is 3.15. The number of amides is 1. The summed E-state index contributed by atoms with van der Waals surface area (Å²) in [6, 6.07) is 7.49. The SMILES string of the molecule is Cc1ccc(F)cc1C(=O)Nc1ccncc1. The molecule has 0 saturated carbocycles. The average molecular weight is 230 g/mol. The van der Waals surface area contributed by atoms with Gasteiger partial charge in [-0.05, 0) is 36.8 Å².